The lowest BCUT2D eigenvalue weighted by Gasteiger charge is -2.35. The Hall–Kier alpha value is -0.920. The number of hydrogen-bond donors (Lipinski definition) is 1. The lowest BCUT2D eigenvalue weighted by molar-refractivity contribution is -0.137. The number of alkyl halides is 4. The van der Waals surface area contributed by atoms with E-state index < -0.39 is 30.3 Å². The highest BCUT2D eigenvalue weighted by Gasteiger charge is 2.32. The largest absolute Gasteiger partial charge is 0.416 e. The maximum Gasteiger partial charge on any atom is 0.416 e. The van der Waals surface area contributed by atoms with Gasteiger partial charge in [0.2, 0.25) is 0 Å². The van der Waals surface area contributed by atoms with Gasteiger partial charge in [0.25, 0.3) is 0 Å². The van der Waals surface area contributed by atoms with Gasteiger partial charge < -0.3 is 5.32 Å². The second-order valence-electron chi connectivity index (χ2n) is 5.01. The van der Waals surface area contributed by atoms with Gasteiger partial charge >= 0.3 is 6.18 Å². The molecule has 1 aromatic rings. The van der Waals surface area contributed by atoms with E-state index in [0.717, 1.165) is 12.1 Å². The first-order valence-electron chi connectivity index (χ1n) is 6.81. The minimum absolute atomic E-state index is 0. The molecular weight excluding hydrogens is 327 g/mol. The molecule has 1 aromatic carbocycles. The third-order valence-electron chi connectivity index (χ3n) is 3.66. The average Bonchev–Trinajstić information content (AvgIpc) is 2.45. The maximum absolute atomic E-state index is 14.0. The predicted molar refractivity (Wildman–Crippen MR) is 76.4 cm³/mol. The zero-order chi connectivity index (χ0) is 15.5. The summed E-state index contributed by atoms with van der Waals surface area (Å²) in [6.07, 6.45) is -4.51. The van der Waals surface area contributed by atoms with Crippen molar-refractivity contribution in [2.24, 2.45) is 0 Å². The van der Waals surface area contributed by atoms with Crippen molar-refractivity contribution in [1.82, 2.24) is 10.2 Å². The van der Waals surface area contributed by atoms with Gasteiger partial charge in [0.1, 0.15) is 5.82 Å². The van der Waals surface area contributed by atoms with Crippen molar-refractivity contribution in [3.63, 3.8) is 0 Å². The van der Waals surface area contributed by atoms with E-state index in [1.807, 2.05) is 4.90 Å². The molecule has 2 nitrogen and oxygen atoms in total. The quantitative estimate of drug-likeness (QED) is 0.840. The number of piperazine rings is 1. The molecule has 0 aromatic heterocycles. The van der Waals surface area contributed by atoms with E-state index in [9.17, 15) is 22.0 Å². The monoisotopic (exact) mass is 344 g/mol. The molecule has 0 unspecified atom stereocenters. The van der Waals surface area contributed by atoms with Gasteiger partial charge in [-0.1, -0.05) is 6.07 Å². The first-order chi connectivity index (χ1) is 9.93. The molecule has 0 saturated carbocycles. The Morgan fingerprint density at radius 2 is 1.82 bits per heavy atom. The Kier molecular flexibility index (Phi) is 7.02. The van der Waals surface area contributed by atoms with Crippen molar-refractivity contribution < 1.29 is 22.0 Å². The molecule has 1 N–H and O–H groups in total. The van der Waals surface area contributed by atoms with Gasteiger partial charge in [0.15, 0.2) is 0 Å². The van der Waals surface area contributed by atoms with Gasteiger partial charge in [-0.25, -0.2) is 4.39 Å². The Labute approximate surface area is 132 Å². The molecule has 1 atom stereocenters. The molecule has 1 aliphatic rings. The first-order valence-corrected chi connectivity index (χ1v) is 6.81. The van der Waals surface area contributed by atoms with E-state index in [1.165, 1.54) is 0 Å². The van der Waals surface area contributed by atoms with Crippen LogP contribution in [-0.4, -0.2) is 37.8 Å². The van der Waals surface area contributed by atoms with E-state index in [-0.39, 0.29) is 24.4 Å². The molecule has 22 heavy (non-hydrogen) atoms. The lowest BCUT2D eigenvalue weighted by Crippen LogP contribution is -2.45. The third-order valence-corrected chi connectivity index (χ3v) is 3.66. The molecule has 1 fully saturated rings. The van der Waals surface area contributed by atoms with Crippen molar-refractivity contribution >= 4 is 12.4 Å². The minimum atomic E-state index is -4.58. The van der Waals surface area contributed by atoms with Gasteiger partial charge in [-0.15, -0.1) is 12.4 Å². The molecule has 0 radical (unpaired) electrons. The molecule has 126 valence electrons. The summed E-state index contributed by atoms with van der Waals surface area (Å²) in [4.78, 5) is 1.90. The Morgan fingerprint density at radius 1 is 1.18 bits per heavy atom. The highest BCUT2D eigenvalue weighted by atomic mass is 35.5. The second kappa shape index (κ2) is 8.08. The molecule has 1 saturated heterocycles. The van der Waals surface area contributed by atoms with Crippen LogP contribution < -0.4 is 5.32 Å². The first kappa shape index (κ1) is 19.1. The molecule has 0 bridgehead atoms. The smallest absolute Gasteiger partial charge is 0.314 e. The van der Waals surface area contributed by atoms with Gasteiger partial charge in [-0.3, -0.25) is 9.29 Å². The summed E-state index contributed by atoms with van der Waals surface area (Å²) >= 11 is 0. The molecule has 2 rings (SSSR count). The van der Waals surface area contributed by atoms with Crippen molar-refractivity contribution in [3.8, 4) is 0 Å². The molecule has 0 spiro atoms. The highest BCUT2D eigenvalue weighted by Crippen LogP contribution is 2.33. The SMILES string of the molecule is Cl.FCC[C@@H](c1ccc(C(F)(F)F)cc1F)N1CCNCC1. The summed E-state index contributed by atoms with van der Waals surface area (Å²) in [7, 11) is 0. The number of benzene rings is 1. The van der Waals surface area contributed by atoms with Crippen LogP contribution in [0.5, 0.6) is 0 Å². The van der Waals surface area contributed by atoms with E-state index >= 15 is 0 Å². The lowest BCUT2D eigenvalue weighted by atomic mass is 9.99. The number of nitrogens with zero attached hydrogens (tertiary/aromatic N) is 1. The normalized spacial score (nSPS) is 17.9. The topological polar surface area (TPSA) is 15.3 Å². The standard InChI is InChI=1S/C14H17F5N2.ClH/c15-4-3-13(21-7-5-20-6-8-21)11-2-1-10(9-12(11)16)14(17,18)19;/h1-2,9,13,20H,3-8H2;1H/t13-;/m0./s1. The van der Waals surface area contributed by atoms with E-state index in [0.29, 0.717) is 32.2 Å². The van der Waals surface area contributed by atoms with Crippen molar-refractivity contribution in [1.29, 1.82) is 0 Å². The molecular formula is C14H18ClF5N2. The van der Waals surface area contributed by atoms with Crippen LogP contribution in [0.15, 0.2) is 18.2 Å². The van der Waals surface area contributed by atoms with E-state index in [4.69, 9.17) is 0 Å². The number of hydrogen-bond acceptors (Lipinski definition) is 2. The number of nitrogens with one attached hydrogen (secondary N) is 1. The van der Waals surface area contributed by atoms with Crippen LogP contribution in [0.25, 0.3) is 0 Å². The second-order valence-corrected chi connectivity index (χ2v) is 5.01. The summed E-state index contributed by atoms with van der Waals surface area (Å²) in [6.45, 7) is 1.99. The van der Waals surface area contributed by atoms with Gasteiger partial charge in [0, 0.05) is 37.8 Å². The van der Waals surface area contributed by atoms with Gasteiger partial charge in [-0.05, 0) is 18.6 Å². The highest BCUT2D eigenvalue weighted by molar-refractivity contribution is 5.85. The third kappa shape index (κ3) is 4.54. The van der Waals surface area contributed by atoms with Crippen molar-refractivity contribution in [2.75, 3.05) is 32.9 Å². The van der Waals surface area contributed by atoms with Crippen LogP contribution in [0, 0.1) is 5.82 Å². The van der Waals surface area contributed by atoms with Crippen molar-refractivity contribution in [2.45, 2.75) is 18.6 Å². The number of rotatable bonds is 4. The average molecular weight is 345 g/mol. The van der Waals surface area contributed by atoms with Crippen LogP contribution >= 0.6 is 12.4 Å². The van der Waals surface area contributed by atoms with Crippen LogP contribution in [0.1, 0.15) is 23.6 Å². The number of halogens is 6. The summed E-state index contributed by atoms with van der Waals surface area (Å²) in [5.74, 6) is -0.929. The van der Waals surface area contributed by atoms with Crippen LogP contribution in [0.2, 0.25) is 0 Å². The summed E-state index contributed by atoms with van der Waals surface area (Å²) in [5, 5.41) is 3.13. The van der Waals surface area contributed by atoms with Crippen LogP contribution in [-0.2, 0) is 6.18 Å². The Bertz CT molecular complexity index is 475. The Balaban J connectivity index is 0.00000242. The molecule has 0 amide bonds. The zero-order valence-corrected chi connectivity index (χ0v) is 12.6. The van der Waals surface area contributed by atoms with Crippen LogP contribution in [0.4, 0.5) is 22.0 Å². The van der Waals surface area contributed by atoms with E-state index in [2.05, 4.69) is 5.32 Å². The van der Waals surface area contributed by atoms with Gasteiger partial charge in [0.05, 0.1) is 12.2 Å². The molecule has 1 aliphatic heterocycles. The Morgan fingerprint density at radius 3 is 2.32 bits per heavy atom. The van der Waals surface area contributed by atoms with Gasteiger partial charge in [-0.2, -0.15) is 13.2 Å². The van der Waals surface area contributed by atoms with Crippen LogP contribution in [0.3, 0.4) is 0 Å². The summed E-state index contributed by atoms with van der Waals surface area (Å²) in [6, 6.07) is 1.94. The fraction of sp³-hybridized carbons (Fsp3) is 0.571. The predicted octanol–water partition coefficient (Wildman–Crippen LogP) is 3.57. The summed E-state index contributed by atoms with van der Waals surface area (Å²) < 4.78 is 64.5. The summed E-state index contributed by atoms with van der Waals surface area (Å²) in [5.41, 5.74) is -0.898. The van der Waals surface area contributed by atoms with E-state index in [1.54, 1.807) is 0 Å². The maximum atomic E-state index is 14.0. The minimum Gasteiger partial charge on any atom is -0.314 e. The fourth-order valence-corrected chi connectivity index (χ4v) is 2.61. The fourth-order valence-electron chi connectivity index (χ4n) is 2.61. The molecule has 1 heterocycles. The molecule has 0 aliphatic carbocycles. The zero-order valence-electron chi connectivity index (χ0n) is 11.8. The van der Waals surface area contributed by atoms with Crippen molar-refractivity contribution in [3.05, 3.63) is 35.1 Å². The molecule has 8 heteroatoms.